The summed E-state index contributed by atoms with van der Waals surface area (Å²) in [6.07, 6.45) is 1.81. The van der Waals surface area contributed by atoms with E-state index in [0.717, 1.165) is 29.7 Å². The summed E-state index contributed by atoms with van der Waals surface area (Å²) in [7, 11) is 0. The van der Waals surface area contributed by atoms with Gasteiger partial charge in [-0.15, -0.1) is 0 Å². The van der Waals surface area contributed by atoms with Gasteiger partial charge in [0.05, 0.1) is 0 Å². The minimum absolute atomic E-state index is 0.00993. The van der Waals surface area contributed by atoms with Gasteiger partial charge in [0.1, 0.15) is 0 Å². The van der Waals surface area contributed by atoms with Crippen LogP contribution in [0.2, 0.25) is 0 Å². The van der Waals surface area contributed by atoms with Gasteiger partial charge >= 0.3 is 0 Å². The Morgan fingerprint density at radius 2 is 1.91 bits per heavy atom. The maximum atomic E-state index is 12.7. The van der Waals surface area contributed by atoms with Crippen LogP contribution in [-0.4, -0.2) is 18.4 Å². The molecule has 0 unspecified atom stereocenters. The Kier molecular flexibility index (Phi) is 3.67. The third-order valence-electron chi connectivity index (χ3n) is 4.12. The lowest BCUT2D eigenvalue weighted by Crippen LogP contribution is -2.37. The van der Waals surface area contributed by atoms with E-state index in [-0.39, 0.29) is 5.91 Å². The molecule has 1 aliphatic heterocycles. The molecule has 3 rings (SSSR count). The van der Waals surface area contributed by atoms with Gasteiger partial charge in [0.2, 0.25) is 5.91 Å². The van der Waals surface area contributed by atoms with Gasteiger partial charge in [-0.3, -0.25) is 9.59 Å². The van der Waals surface area contributed by atoms with Crippen LogP contribution in [0.4, 0.5) is 5.69 Å². The normalized spacial score (nSPS) is 13.9. The van der Waals surface area contributed by atoms with Crippen LogP contribution in [0.25, 0.3) is 0 Å². The number of primary amides is 1. The van der Waals surface area contributed by atoms with Gasteiger partial charge < -0.3 is 10.6 Å². The largest absolute Gasteiger partial charge is 0.366 e. The number of fused-ring (bicyclic) bond motifs is 1. The first kappa shape index (κ1) is 14.3. The number of carbonyl (C=O) groups is 2. The minimum Gasteiger partial charge on any atom is -0.366 e. The van der Waals surface area contributed by atoms with Crippen LogP contribution in [0.3, 0.4) is 0 Å². The van der Waals surface area contributed by atoms with Crippen molar-refractivity contribution in [3.05, 3.63) is 64.7 Å². The third-order valence-corrected chi connectivity index (χ3v) is 4.12. The zero-order valence-electron chi connectivity index (χ0n) is 12.5. The van der Waals surface area contributed by atoms with Crippen LogP contribution in [0.5, 0.6) is 0 Å². The fraction of sp³-hybridized carbons (Fsp3) is 0.222. The number of anilines is 1. The van der Waals surface area contributed by atoms with Crippen molar-refractivity contribution in [3.63, 3.8) is 0 Å². The second-order valence-electron chi connectivity index (χ2n) is 5.46. The average molecular weight is 294 g/mol. The van der Waals surface area contributed by atoms with E-state index in [1.54, 1.807) is 29.2 Å². The highest BCUT2D eigenvalue weighted by molar-refractivity contribution is 6.08. The van der Waals surface area contributed by atoms with Crippen molar-refractivity contribution in [2.24, 2.45) is 5.73 Å². The first-order valence-corrected chi connectivity index (χ1v) is 7.43. The summed E-state index contributed by atoms with van der Waals surface area (Å²) in [5.41, 5.74) is 9.62. The van der Waals surface area contributed by atoms with Gasteiger partial charge in [0.25, 0.3) is 5.91 Å². The number of nitrogens with zero attached hydrogens (tertiary/aromatic N) is 1. The summed E-state index contributed by atoms with van der Waals surface area (Å²) in [5.74, 6) is -0.454. The average Bonchev–Trinajstić information content (AvgIpc) is 2.55. The van der Waals surface area contributed by atoms with E-state index >= 15 is 0 Å². The van der Waals surface area contributed by atoms with Crippen molar-refractivity contribution in [3.8, 4) is 0 Å². The highest BCUT2D eigenvalue weighted by Crippen LogP contribution is 2.25. The van der Waals surface area contributed by atoms with Crippen molar-refractivity contribution in [1.29, 1.82) is 0 Å². The zero-order valence-corrected chi connectivity index (χ0v) is 12.5. The molecule has 4 nitrogen and oxygen atoms in total. The number of aryl methyl sites for hydroxylation is 1. The van der Waals surface area contributed by atoms with Crippen LogP contribution in [0.15, 0.2) is 42.5 Å². The van der Waals surface area contributed by atoms with Gasteiger partial charge in [-0.1, -0.05) is 19.1 Å². The number of rotatable bonds is 3. The lowest BCUT2D eigenvalue weighted by atomic mass is 9.95. The van der Waals surface area contributed by atoms with E-state index in [2.05, 4.69) is 13.0 Å². The first-order chi connectivity index (χ1) is 10.6. The molecule has 0 fully saturated rings. The summed E-state index contributed by atoms with van der Waals surface area (Å²) in [5, 5.41) is 0. The van der Waals surface area contributed by atoms with Crippen LogP contribution in [0, 0.1) is 0 Å². The van der Waals surface area contributed by atoms with Crippen molar-refractivity contribution >= 4 is 17.5 Å². The molecule has 0 aromatic heterocycles. The van der Waals surface area contributed by atoms with Crippen LogP contribution >= 0.6 is 0 Å². The zero-order chi connectivity index (χ0) is 15.7. The van der Waals surface area contributed by atoms with Crippen LogP contribution in [-0.2, 0) is 12.8 Å². The number of benzene rings is 2. The Hall–Kier alpha value is -2.62. The first-order valence-electron chi connectivity index (χ1n) is 7.43. The number of hydrogen-bond acceptors (Lipinski definition) is 2. The topological polar surface area (TPSA) is 63.4 Å². The van der Waals surface area contributed by atoms with Crippen molar-refractivity contribution in [2.45, 2.75) is 19.8 Å². The molecule has 1 heterocycles. The maximum absolute atomic E-state index is 12.7. The lowest BCUT2D eigenvalue weighted by molar-refractivity contribution is 0.0978. The Balaban J connectivity index is 1.90. The molecule has 0 saturated heterocycles. The molecular formula is C18H18N2O2. The second-order valence-corrected chi connectivity index (χ2v) is 5.46. The monoisotopic (exact) mass is 294 g/mol. The fourth-order valence-corrected chi connectivity index (χ4v) is 2.81. The molecule has 2 aromatic carbocycles. The van der Waals surface area contributed by atoms with E-state index in [1.165, 1.54) is 5.56 Å². The molecule has 4 heteroatoms. The van der Waals surface area contributed by atoms with E-state index in [9.17, 15) is 9.59 Å². The SMILES string of the molecule is CCc1ccc2c(c1)CCN(c1ccc(C(N)=O)cc1)C2=O. The predicted molar refractivity (Wildman–Crippen MR) is 86.2 cm³/mol. The van der Waals surface area contributed by atoms with E-state index in [4.69, 9.17) is 5.73 Å². The third kappa shape index (κ3) is 2.48. The van der Waals surface area contributed by atoms with Crippen LogP contribution < -0.4 is 10.6 Å². The molecule has 0 radical (unpaired) electrons. The smallest absolute Gasteiger partial charge is 0.258 e. The highest BCUT2D eigenvalue weighted by atomic mass is 16.2. The molecule has 2 N–H and O–H groups in total. The second kappa shape index (κ2) is 5.64. The van der Waals surface area contributed by atoms with Gasteiger partial charge in [0, 0.05) is 23.4 Å². The molecule has 0 saturated carbocycles. The van der Waals surface area contributed by atoms with Crippen LogP contribution in [0.1, 0.15) is 38.8 Å². The summed E-state index contributed by atoms with van der Waals surface area (Å²) in [6, 6.07) is 12.9. The Labute approximate surface area is 129 Å². The molecular weight excluding hydrogens is 276 g/mol. The summed E-state index contributed by atoms with van der Waals surface area (Å²) in [6.45, 7) is 2.76. The van der Waals surface area contributed by atoms with Crippen molar-refractivity contribution in [2.75, 3.05) is 11.4 Å². The molecule has 0 spiro atoms. The number of nitrogens with two attached hydrogens (primary N) is 1. The van der Waals surface area contributed by atoms with Crippen molar-refractivity contribution < 1.29 is 9.59 Å². The molecule has 0 atom stereocenters. The minimum atomic E-state index is -0.464. The Bertz CT molecular complexity index is 735. The molecule has 0 aliphatic carbocycles. The van der Waals surface area contributed by atoms with E-state index < -0.39 is 5.91 Å². The Morgan fingerprint density at radius 3 is 2.55 bits per heavy atom. The summed E-state index contributed by atoms with van der Waals surface area (Å²) < 4.78 is 0. The molecule has 1 aliphatic rings. The van der Waals surface area contributed by atoms with Gasteiger partial charge in [-0.25, -0.2) is 0 Å². The van der Waals surface area contributed by atoms with E-state index in [1.807, 2.05) is 12.1 Å². The van der Waals surface area contributed by atoms with Gasteiger partial charge in [-0.2, -0.15) is 0 Å². The summed E-state index contributed by atoms with van der Waals surface area (Å²) >= 11 is 0. The molecule has 2 aromatic rings. The number of amides is 2. The maximum Gasteiger partial charge on any atom is 0.258 e. The molecule has 112 valence electrons. The van der Waals surface area contributed by atoms with Gasteiger partial charge in [0.15, 0.2) is 0 Å². The lowest BCUT2D eigenvalue weighted by Gasteiger charge is -2.29. The number of carbonyl (C=O) groups excluding carboxylic acids is 2. The standard InChI is InChI=1S/C18H18N2O2/c1-2-12-3-8-16-14(11-12)9-10-20(18(16)22)15-6-4-13(5-7-15)17(19)21/h3-8,11H,2,9-10H2,1H3,(H2,19,21). The molecule has 0 bridgehead atoms. The van der Waals surface area contributed by atoms with E-state index in [0.29, 0.717) is 12.1 Å². The van der Waals surface area contributed by atoms with Crippen molar-refractivity contribution in [1.82, 2.24) is 0 Å². The molecule has 2 amide bonds. The number of hydrogen-bond donors (Lipinski definition) is 1. The molecule has 22 heavy (non-hydrogen) atoms. The fourth-order valence-electron chi connectivity index (χ4n) is 2.81. The quantitative estimate of drug-likeness (QED) is 0.945. The van der Waals surface area contributed by atoms with Gasteiger partial charge in [-0.05, 0) is 54.3 Å². The summed E-state index contributed by atoms with van der Waals surface area (Å²) in [4.78, 5) is 25.5. The predicted octanol–water partition coefficient (Wildman–Crippen LogP) is 2.55. The highest BCUT2D eigenvalue weighted by Gasteiger charge is 2.25. The Morgan fingerprint density at radius 1 is 1.18 bits per heavy atom.